The number of benzene rings is 8. The number of fused-ring (bicyclic) bond motifs is 5. The molecule has 5 radical (unpaired) electrons. The largest absolute Gasteiger partial charge is 0.470 e. The van der Waals surface area contributed by atoms with Crippen molar-refractivity contribution in [2.75, 3.05) is 0 Å². The zero-order valence-corrected chi connectivity index (χ0v) is 80.2. The van der Waals surface area contributed by atoms with Crippen molar-refractivity contribution in [1.29, 1.82) is 5.26 Å². The van der Waals surface area contributed by atoms with E-state index < -0.39 is 16.1 Å². The molecule has 0 unspecified atom stereocenters. The number of thiazole rings is 2. The molecule has 10 heterocycles. The molecule has 23 nitrogen and oxygen atoms in total. The van der Waals surface area contributed by atoms with Gasteiger partial charge in [0, 0.05) is 154 Å². The van der Waals surface area contributed by atoms with Gasteiger partial charge in [-0.3, -0.25) is 24.9 Å². The van der Waals surface area contributed by atoms with E-state index in [1.807, 2.05) is 119 Å². The van der Waals surface area contributed by atoms with Gasteiger partial charge < -0.3 is 31.8 Å². The first-order chi connectivity index (χ1) is 52.0. The van der Waals surface area contributed by atoms with Crippen molar-refractivity contribution >= 4 is 114 Å². The summed E-state index contributed by atoms with van der Waals surface area (Å²) in [5, 5.41) is 54.9. The number of nitrogens with zero attached hydrogens (tertiary/aromatic N) is 22. The molecule has 0 spiro atoms. The summed E-state index contributed by atoms with van der Waals surface area (Å²) >= 11 is 4.73. The van der Waals surface area contributed by atoms with E-state index in [4.69, 9.17) is 9.40 Å². The smallest absolute Gasteiger partial charge is 0.192 e. The number of aryl methyl sites for hydroxylation is 7. The van der Waals surface area contributed by atoms with Crippen molar-refractivity contribution < 1.29 is 105 Å². The van der Waals surface area contributed by atoms with Crippen molar-refractivity contribution in [1.82, 2.24) is 103 Å². The van der Waals surface area contributed by atoms with Crippen LogP contribution in [0.25, 0.3) is 127 Å². The van der Waals surface area contributed by atoms with E-state index in [0.717, 1.165) is 132 Å². The first-order valence-electron chi connectivity index (χ1n) is 34.6. The molecule has 18 aromatic rings. The molecule has 0 saturated heterocycles. The summed E-state index contributed by atoms with van der Waals surface area (Å²) in [6.45, 7) is 28.9. The SMILES string of the molecule is Cc1cccc(-n2cnnc2-c2[c-]cc3nc(C)n(C(C)C)c3c2)c1.Cc1nc2c[c-]c(-c3nncs3)cc2n1C.Cc1nc2cc(-c3nncn3-c3c([Si](C)(C)C)cccc3[Si](C)(C)C)[c-]cc2n1C.Cc1nc2cc(-c3nnco3)[c-]cc2s1.N#Cc1ccccc1-n1cnnc1-c1[c-]cc2scnc2c1.[Ir].[Ir].[Ir].[Ir].[Ir]. The van der Waals surface area contributed by atoms with E-state index in [1.54, 1.807) is 57.0 Å². The van der Waals surface area contributed by atoms with E-state index >= 15 is 0 Å². The van der Waals surface area contributed by atoms with Gasteiger partial charge in [-0.15, -0.1) is 134 Å². The number of hydrogen-bond donors (Lipinski definition) is 0. The number of rotatable bonds is 11. The molecule has 585 valence electrons. The topological polar surface area (TPSA) is 260 Å². The number of hydrogen-bond acceptors (Lipinski definition) is 20. The Kier molecular flexibility index (Phi) is 29.4. The molecule has 0 aliphatic heterocycles. The average molecular weight is 2470 g/mol. The monoisotopic (exact) mass is 2470 g/mol. The molecule has 0 N–H and O–H groups in total. The Morgan fingerprint density at radius 2 is 1.04 bits per heavy atom. The molecule has 0 atom stereocenters. The van der Waals surface area contributed by atoms with Crippen molar-refractivity contribution in [3.63, 3.8) is 0 Å². The fourth-order valence-electron chi connectivity index (χ4n) is 12.7. The maximum Gasteiger partial charge on any atom is 0.192 e. The molecule has 33 heteroatoms. The summed E-state index contributed by atoms with van der Waals surface area (Å²) in [7, 11) is 0.849. The third-order valence-corrected chi connectivity index (χ3v) is 24.6. The number of imidazole rings is 3. The molecule has 10 aromatic heterocycles. The molecule has 0 aliphatic carbocycles. The van der Waals surface area contributed by atoms with Gasteiger partial charge in [-0.25, -0.2) is 0 Å². The predicted octanol–water partition coefficient (Wildman–Crippen LogP) is 16.2. The van der Waals surface area contributed by atoms with Crippen LogP contribution in [0, 0.1) is 76.3 Å². The Morgan fingerprint density at radius 3 is 1.69 bits per heavy atom. The third-order valence-electron chi connectivity index (χ3n) is 18.1. The van der Waals surface area contributed by atoms with E-state index in [9.17, 15) is 5.26 Å². The van der Waals surface area contributed by atoms with Crippen LogP contribution >= 0.6 is 34.0 Å². The summed E-state index contributed by atoms with van der Waals surface area (Å²) in [6, 6.07) is 61.0. The summed E-state index contributed by atoms with van der Waals surface area (Å²) in [5.41, 5.74) is 20.8. The number of aromatic nitrogens is 21. The Morgan fingerprint density at radius 1 is 0.478 bits per heavy atom. The van der Waals surface area contributed by atoms with Crippen LogP contribution in [0.4, 0.5) is 0 Å². The van der Waals surface area contributed by atoms with Gasteiger partial charge in [-0.1, -0.05) is 87.3 Å². The fourth-order valence-corrected chi connectivity index (χ4v) is 17.9. The van der Waals surface area contributed by atoms with Crippen LogP contribution in [0.15, 0.2) is 168 Å². The van der Waals surface area contributed by atoms with Crippen LogP contribution in [0.1, 0.15) is 53.5 Å². The quantitative estimate of drug-likeness (QED) is 0.0861. The van der Waals surface area contributed by atoms with Crippen LogP contribution in [-0.4, -0.2) is 119 Å². The second kappa shape index (κ2) is 37.7. The molecule has 18 rings (SSSR count). The fraction of sp³-hybridized carbons (Fsp3) is 0.200. The number of nitriles is 1. The van der Waals surface area contributed by atoms with Crippen LogP contribution in [-0.2, 0) is 115 Å². The van der Waals surface area contributed by atoms with Crippen LogP contribution in [0.3, 0.4) is 0 Å². The van der Waals surface area contributed by atoms with Crippen LogP contribution in [0.2, 0.25) is 39.3 Å². The maximum absolute atomic E-state index is 9.27. The normalized spacial score (nSPS) is 11.0. The Hall–Kier alpha value is -8.76. The van der Waals surface area contributed by atoms with Crippen molar-refractivity contribution in [3.05, 3.63) is 228 Å². The van der Waals surface area contributed by atoms with Gasteiger partial charge in [0.2, 0.25) is 0 Å². The van der Waals surface area contributed by atoms with Gasteiger partial charge in [0.1, 0.15) is 25.1 Å². The maximum atomic E-state index is 9.27. The van der Waals surface area contributed by atoms with Gasteiger partial charge in [-0.05, 0) is 120 Å². The minimum atomic E-state index is -1.60. The first-order valence-corrected chi connectivity index (χ1v) is 44.1. The Labute approximate surface area is 735 Å². The molecule has 0 aliphatic rings. The minimum Gasteiger partial charge on any atom is -0.470 e. The molecule has 113 heavy (non-hydrogen) atoms. The summed E-state index contributed by atoms with van der Waals surface area (Å²) in [4.78, 5) is 22.5. The second-order valence-corrected chi connectivity index (χ2v) is 41.0. The van der Waals surface area contributed by atoms with Crippen molar-refractivity contribution in [2.45, 2.75) is 93.8 Å². The molecule has 8 aromatic carbocycles. The van der Waals surface area contributed by atoms with Crippen molar-refractivity contribution in [2.24, 2.45) is 14.1 Å². The van der Waals surface area contributed by atoms with Crippen molar-refractivity contribution in [3.8, 4) is 79.3 Å². The standard InChI is InChI=1S/C23H30N5Si2.C20H20N5.C16H8N5S.C11H9N4S.C10H6N3OS.5Ir/c1-16-25-18-14-17(12-13-19(18)27(16)2)23-26-24-15-28(23)22-20(29(3,4)5)10-9-11-21(22)30(6,7)8;1-13(2)25-15(4)22-18-9-8-16(11-19(18)25)20-23-21-12-24(20)17-7-5-6-14(3)10-17;17-8-12-3-1-2-4-14(12)21-9-19-20-16(21)11-5-6-15-13(7-11)18-10-22-15;1-7-13-9-4-3-8(5-10(9)15(7)2)11-14-12-6-16-11;1-6-12-8-4-7(2-3-9(8)15-6)10-13-11-5-14-10;;;;;/h9-11,13-15H,1-8H3;5-7,9-13H,1-4H3;1-4,6-7,9-10H;4-6H,1-2H3;3-5H,1H3;;;;;/q5*-1;;;;;. The summed E-state index contributed by atoms with van der Waals surface area (Å²) in [6.07, 6.45) is 6.51. The molecular weight excluding hydrogens is 2400 g/mol. The zero-order chi connectivity index (χ0) is 75.7. The van der Waals surface area contributed by atoms with E-state index in [1.165, 1.54) is 39.4 Å². The van der Waals surface area contributed by atoms with Gasteiger partial charge in [0.05, 0.1) is 83.4 Å². The first kappa shape index (κ1) is 88.2. The molecule has 0 bridgehead atoms. The van der Waals surface area contributed by atoms with E-state index in [-0.39, 0.29) is 101 Å². The van der Waals surface area contributed by atoms with Crippen LogP contribution < -0.4 is 10.4 Å². The Balaban J connectivity index is 0.000000163. The molecule has 0 saturated carbocycles. The van der Waals surface area contributed by atoms with Gasteiger partial charge in [-0.2, -0.15) is 69.9 Å². The predicted molar refractivity (Wildman–Crippen MR) is 433 cm³/mol. The zero-order valence-electron chi connectivity index (χ0n) is 63.8. The summed E-state index contributed by atoms with van der Waals surface area (Å²) in [5.74, 6) is 5.71. The third kappa shape index (κ3) is 19.1. The van der Waals surface area contributed by atoms with Gasteiger partial charge >= 0.3 is 0 Å². The molecule has 0 amide bonds. The minimum absolute atomic E-state index is 0. The van der Waals surface area contributed by atoms with E-state index in [0.29, 0.717) is 23.3 Å². The molecule has 0 fully saturated rings. The van der Waals surface area contributed by atoms with Gasteiger partial charge in [0.25, 0.3) is 0 Å². The average Bonchev–Trinajstić information content (AvgIpc) is 1.76. The second-order valence-electron chi connectivity index (χ2n) is 27.9. The molecular formula is C80H73Ir5N22OS3Si2-5. The summed E-state index contributed by atoms with van der Waals surface area (Å²) < 4.78 is 19.7. The van der Waals surface area contributed by atoms with E-state index in [2.05, 4.69) is 240 Å². The van der Waals surface area contributed by atoms with Crippen LogP contribution in [0.5, 0.6) is 0 Å². The number of para-hydroxylation sites is 2. The van der Waals surface area contributed by atoms with Gasteiger partial charge in [0.15, 0.2) is 12.3 Å². The Bertz CT molecular complexity index is 6290.